The predicted molar refractivity (Wildman–Crippen MR) is 301 cm³/mol. The molecule has 0 unspecified atom stereocenters. The summed E-state index contributed by atoms with van der Waals surface area (Å²) < 4.78 is 0. The van der Waals surface area contributed by atoms with Crippen molar-refractivity contribution in [3.8, 4) is 5.75 Å². The number of nitrogens with two attached hydrogens (primary N) is 3. The van der Waals surface area contributed by atoms with Gasteiger partial charge in [0.1, 0.15) is 60.6 Å². The largest absolute Gasteiger partial charge is 0.508 e. The van der Waals surface area contributed by atoms with Crippen LogP contribution in [0.2, 0.25) is 0 Å². The third-order valence-electron chi connectivity index (χ3n) is 12.7. The average Bonchev–Trinajstić information content (AvgIpc) is 4.13. The number of carbonyl (C=O) groups is 12. The molecule has 1 fully saturated rings. The van der Waals surface area contributed by atoms with Gasteiger partial charge in [-0.2, -0.15) is 12.6 Å². The number of carboxylic acid groups (broad SMARTS) is 2. The number of carbonyl (C=O) groups excluding carboxylic acids is 10. The number of nitrogens with one attached hydrogen (secondary N) is 13. The molecular formula is C49H79N17O18S. The number of likely N-dealkylation sites (tertiary alicyclic amines) is 1. The number of aliphatic hydroxyl groups is 3. The number of phenolic OH excluding ortho intramolecular Hbond substituents is 1. The fourth-order valence-electron chi connectivity index (χ4n) is 8.20. The second-order valence-electron chi connectivity index (χ2n) is 19.7. The van der Waals surface area contributed by atoms with Gasteiger partial charge in [0.15, 0.2) is 11.9 Å². The van der Waals surface area contributed by atoms with Gasteiger partial charge in [-0.05, 0) is 77.0 Å². The maximum absolute atomic E-state index is 14.4. The zero-order chi connectivity index (χ0) is 64.2. The Morgan fingerprint density at radius 1 is 0.600 bits per heavy atom. The summed E-state index contributed by atoms with van der Waals surface area (Å²) in [5.41, 5.74) is 16.8. The average molecular weight is 1230 g/mol. The van der Waals surface area contributed by atoms with Crippen LogP contribution in [0.4, 0.5) is 0 Å². The summed E-state index contributed by atoms with van der Waals surface area (Å²) in [4.78, 5) is 160. The van der Waals surface area contributed by atoms with Crippen LogP contribution >= 0.6 is 12.6 Å². The summed E-state index contributed by atoms with van der Waals surface area (Å²) in [7, 11) is 0. The Kier molecular flexibility index (Phi) is 30.9. The first-order valence-electron chi connectivity index (χ1n) is 26.6. The van der Waals surface area contributed by atoms with E-state index in [1.54, 1.807) is 0 Å². The number of aliphatic hydroxyl groups excluding tert-OH is 3. The van der Waals surface area contributed by atoms with Crippen LogP contribution < -0.4 is 75.7 Å². The van der Waals surface area contributed by atoms with Crippen LogP contribution in [0.1, 0.15) is 71.3 Å². The third-order valence-corrected chi connectivity index (χ3v) is 13.1. The van der Waals surface area contributed by atoms with Gasteiger partial charge in [-0.3, -0.25) is 68.4 Å². The van der Waals surface area contributed by atoms with E-state index in [2.05, 4.69) is 71.1 Å². The van der Waals surface area contributed by atoms with Crippen LogP contribution in [0.15, 0.2) is 24.3 Å². The van der Waals surface area contributed by atoms with Crippen molar-refractivity contribution >= 4 is 95.6 Å². The van der Waals surface area contributed by atoms with Crippen molar-refractivity contribution in [2.45, 2.75) is 145 Å². The first-order valence-corrected chi connectivity index (χ1v) is 27.3. The van der Waals surface area contributed by atoms with E-state index in [4.69, 9.17) is 33.1 Å². The Morgan fingerprint density at radius 3 is 1.53 bits per heavy atom. The Balaban J connectivity index is 2.48. The lowest BCUT2D eigenvalue weighted by atomic mass is 10.0. The second kappa shape index (κ2) is 36.2. The molecule has 0 radical (unpaired) electrons. The molecule has 0 bridgehead atoms. The van der Waals surface area contributed by atoms with Gasteiger partial charge in [0.25, 0.3) is 0 Å². The monoisotopic (exact) mass is 1230 g/mol. The molecule has 35 nitrogen and oxygen atoms in total. The summed E-state index contributed by atoms with van der Waals surface area (Å²) in [5, 5.41) is 101. The van der Waals surface area contributed by atoms with E-state index in [9.17, 15) is 83.1 Å². The number of thiol groups is 1. The van der Waals surface area contributed by atoms with Crippen molar-refractivity contribution in [3.05, 3.63) is 29.8 Å². The summed E-state index contributed by atoms with van der Waals surface area (Å²) in [6.45, 7) is 1.58. The molecule has 12 atom stereocenters. The molecule has 1 aromatic carbocycles. The minimum Gasteiger partial charge on any atom is -0.508 e. The molecule has 0 aromatic heterocycles. The summed E-state index contributed by atoms with van der Waals surface area (Å²) >= 11 is 3.92. The molecule has 10 amide bonds. The number of nitrogens with zero attached hydrogens (tertiary/aromatic N) is 1. The SMILES string of the molecule is C[C@@H](O)[C@H](NC(=O)[C@@H](NC(=O)[C@@H](NC(=O)[C@@H](N)CS)[C@@H](C)O)[C@@H](C)O)C(=O)N[C@@H](CCCNC(=N)N)C(=O)N[C@@H](CC(=O)O)C(=O)N1CCC[C@H]1C(=O)N[C@@H](Cc1ccc(O)cc1)C(=O)N[C@@H](CCCNC(=N)N)C(=O)NCC(=O)NCC(=O)O. The van der Waals surface area contributed by atoms with Crippen LogP contribution in [0.3, 0.4) is 0 Å². The molecule has 1 aliphatic rings. The molecular weight excluding hydrogens is 1150 g/mol. The van der Waals surface area contributed by atoms with E-state index < -0.39 is 175 Å². The van der Waals surface area contributed by atoms with Gasteiger partial charge in [-0.25, -0.2) is 0 Å². The van der Waals surface area contributed by atoms with Crippen molar-refractivity contribution in [1.29, 1.82) is 10.8 Å². The first-order chi connectivity index (χ1) is 39.9. The molecule has 85 heavy (non-hydrogen) atoms. The van der Waals surface area contributed by atoms with Crippen molar-refractivity contribution in [3.63, 3.8) is 0 Å². The quantitative estimate of drug-likeness (QED) is 0.0128. The lowest BCUT2D eigenvalue weighted by Gasteiger charge is -2.31. The highest BCUT2D eigenvalue weighted by atomic mass is 32.1. The van der Waals surface area contributed by atoms with Gasteiger partial charge in [0.2, 0.25) is 59.1 Å². The minimum atomic E-state index is -1.97. The topological polar surface area (TPSA) is 588 Å². The number of aliphatic carboxylic acids is 2. The second-order valence-corrected chi connectivity index (χ2v) is 20.1. The van der Waals surface area contributed by atoms with Gasteiger partial charge in [0.05, 0.1) is 37.3 Å². The van der Waals surface area contributed by atoms with Crippen LogP contribution in [0.5, 0.6) is 5.75 Å². The number of aromatic hydroxyl groups is 1. The fraction of sp³-hybridized carbons (Fsp3) is 0.592. The standard InChI is InChI=1S/C49H79N17O18S/c1-22(67)36(64-46(83)38(24(3)69)65-45(82)37(23(2)68)63-39(76)27(50)21-85)44(81)60-29(8-5-15-56-49(53)54)41(78)62-31(18-34(72)73)47(84)66-16-6-9-32(66)43(80)61-30(17-25-10-12-26(70)13-11-25)42(79)59-28(7-4-14-55-48(51)52)40(77)58-19-33(71)57-20-35(74)75/h10-13,22-24,27-32,36-38,67-70,85H,4-9,14-21,50H2,1-3H3,(H,57,71)(H,58,77)(H,59,79)(H,60,81)(H,61,80)(H,62,78)(H,63,76)(H,64,83)(H,65,82)(H,72,73)(H,74,75)(H4,51,52,55)(H4,53,54,56)/t22-,23-,24-,27+,28+,29+,30+,31+,32+,36+,37+,38+/m1/s1. The number of hydrogen-bond acceptors (Lipinski definition) is 20. The molecule has 474 valence electrons. The van der Waals surface area contributed by atoms with Gasteiger partial charge in [-0.1, -0.05) is 12.1 Å². The lowest BCUT2D eigenvalue weighted by molar-refractivity contribution is -0.146. The number of hydrogen-bond donors (Lipinski definition) is 23. The minimum absolute atomic E-state index is 0.0522. The lowest BCUT2D eigenvalue weighted by Crippen LogP contribution is -2.64. The van der Waals surface area contributed by atoms with Crippen LogP contribution in [0.25, 0.3) is 0 Å². The molecule has 0 saturated carbocycles. The van der Waals surface area contributed by atoms with E-state index in [0.29, 0.717) is 5.56 Å². The highest BCUT2D eigenvalue weighted by Crippen LogP contribution is 2.21. The maximum atomic E-state index is 14.4. The van der Waals surface area contributed by atoms with Gasteiger partial charge in [-0.15, -0.1) is 0 Å². The molecule has 25 N–H and O–H groups in total. The molecule has 0 spiro atoms. The highest BCUT2D eigenvalue weighted by molar-refractivity contribution is 7.80. The van der Waals surface area contributed by atoms with Gasteiger partial charge < -0.3 is 111 Å². The van der Waals surface area contributed by atoms with E-state index in [1.165, 1.54) is 24.3 Å². The smallest absolute Gasteiger partial charge is 0.322 e. The number of carboxylic acids is 2. The molecule has 2 rings (SSSR count). The summed E-state index contributed by atoms with van der Waals surface area (Å²) in [6, 6.07) is -9.45. The first kappa shape index (κ1) is 72.5. The zero-order valence-electron chi connectivity index (χ0n) is 46.8. The van der Waals surface area contributed by atoms with Crippen LogP contribution in [-0.4, -0.2) is 230 Å². The Bertz CT molecular complexity index is 2540. The number of benzene rings is 1. The molecule has 1 aliphatic heterocycles. The zero-order valence-corrected chi connectivity index (χ0v) is 47.7. The fourth-order valence-corrected chi connectivity index (χ4v) is 8.36. The van der Waals surface area contributed by atoms with Crippen molar-refractivity contribution in [2.75, 3.05) is 38.5 Å². The van der Waals surface area contributed by atoms with Gasteiger partial charge in [0, 0.05) is 31.8 Å². The van der Waals surface area contributed by atoms with Crippen molar-refractivity contribution < 1.29 is 88.2 Å². The Hall–Kier alpha value is -8.61. The summed E-state index contributed by atoms with van der Waals surface area (Å²) in [6.07, 6.45) is -6.82. The predicted octanol–water partition coefficient (Wildman–Crippen LogP) is -8.96. The normalized spacial score (nSPS) is 16.6. The van der Waals surface area contributed by atoms with Crippen molar-refractivity contribution in [1.82, 2.24) is 63.4 Å². The molecule has 1 aromatic rings. The number of phenols is 1. The van der Waals surface area contributed by atoms with Crippen LogP contribution in [-0.2, 0) is 64.0 Å². The number of rotatable bonds is 36. The van der Waals surface area contributed by atoms with Crippen LogP contribution in [0, 0.1) is 10.8 Å². The Labute approximate surface area is 492 Å². The van der Waals surface area contributed by atoms with E-state index in [0.717, 1.165) is 25.7 Å². The van der Waals surface area contributed by atoms with E-state index >= 15 is 0 Å². The summed E-state index contributed by atoms with van der Waals surface area (Å²) in [5.74, 6) is -14.8. The Morgan fingerprint density at radius 2 is 1.06 bits per heavy atom. The molecule has 1 heterocycles. The third kappa shape index (κ3) is 25.8. The van der Waals surface area contributed by atoms with E-state index in [1.807, 2.05) is 0 Å². The maximum Gasteiger partial charge on any atom is 0.322 e. The highest BCUT2D eigenvalue weighted by Gasteiger charge is 2.42. The van der Waals surface area contributed by atoms with Crippen molar-refractivity contribution in [2.24, 2.45) is 17.2 Å². The van der Waals surface area contributed by atoms with Gasteiger partial charge >= 0.3 is 11.9 Å². The molecule has 36 heteroatoms. The number of guanidine groups is 2. The number of amides is 10. The molecule has 1 saturated heterocycles. The molecule has 0 aliphatic carbocycles. The van der Waals surface area contributed by atoms with E-state index in [-0.39, 0.29) is 76.1 Å².